The molecule has 2 atom stereocenters. The van der Waals surface area contributed by atoms with Gasteiger partial charge in [0.25, 0.3) is 0 Å². The summed E-state index contributed by atoms with van der Waals surface area (Å²) < 4.78 is 7.90. The molecule has 1 aliphatic carbocycles. The Hall–Kier alpha value is -3.02. The summed E-state index contributed by atoms with van der Waals surface area (Å²) >= 11 is 0. The van der Waals surface area contributed by atoms with E-state index < -0.39 is 0 Å². The fraction of sp³-hybridized carbons (Fsp3) is 0.500. The predicted octanol–water partition coefficient (Wildman–Crippen LogP) is 2.59. The second-order valence-corrected chi connectivity index (χ2v) is 9.37. The summed E-state index contributed by atoms with van der Waals surface area (Å²) in [5.74, 6) is 2.38. The summed E-state index contributed by atoms with van der Waals surface area (Å²) in [5, 5.41) is 15.5. The Kier molecular flexibility index (Phi) is 4.46. The van der Waals surface area contributed by atoms with Crippen LogP contribution in [0.5, 0.6) is 0 Å². The summed E-state index contributed by atoms with van der Waals surface area (Å²) in [7, 11) is 2.17. The molecule has 6 rings (SSSR count). The number of nitrogens with zero attached hydrogens (tertiary/aromatic N) is 7. The van der Waals surface area contributed by atoms with Gasteiger partial charge in [-0.3, -0.25) is 4.90 Å². The van der Waals surface area contributed by atoms with E-state index in [1.807, 2.05) is 23.9 Å². The lowest BCUT2D eigenvalue weighted by molar-refractivity contribution is -0.0362. The van der Waals surface area contributed by atoms with Crippen molar-refractivity contribution in [2.75, 3.05) is 38.2 Å². The van der Waals surface area contributed by atoms with Gasteiger partial charge in [-0.1, -0.05) is 12.1 Å². The number of fused-ring (bicyclic) bond motifs is 2. The molecule has 0 unspecified atom stereocenters. The quantitative estimate of drug-likeness (QED) is 0.633. The van der Waals surface area contributed by atoms with Gasteiger partial charge >= 0.3 is 0 Å². The van der Waals surface area contributed by atoms with Gasteiger partial charge in [0.05, 0.1) is 42.0 Å². The van der Waals surface area contributed by atoms with Gasteiger partial charge < -0.3 is 9.64 Å². The molecule has 8 heteroatoms. The Morgan fingerprint density at radius 1 is 1.16 bits per heavy atom. The fourth-order valence-corrected chi connectivity index (χ4v) is 5.35. The molecule has 2 saturated heterocycles. The Balaban J connectivity index is 1.38. The summed E-state index contributed by atoms with van der Waals surface area (Å²) in [6.07, 6.45) is 5.03. The highest BCUT2D eigenvalue weighted by atomic mass is 16.5. The van der Waals surface area contributed by atoms with E-state index in [2.05, 4.69) is 46.2 Å². The molecule has 0 spiro atoms. The van der Waals surface area contributed by atoms with Gasteiger partial charge in [0.2, 0.25) is 0 Å². The third kappa shape index (κ3) is 2.99. The first-order valence-electron chi connectivity index (χ1n) is 11.4. The maximum Gasteiger partial charge on any atom is 0.159 e. The molecule has 0 amide bonds. The lowest BCUT2D eigenvalue weighted by Gasteiger charge is -2.35. The van der Waals surface area contributed by atoms with Gasteiger partial charge in [-0.05, 0) is 44.9 Å². The van der Waals surface area contributed by atoms with Crippen molar-refractivity contribution in [3.8, 4) is 11.9 Å². The van der Waals surface area contributed by atoms with Crippen LogP contribution in [0.25, 0.3) is 16.7 Å². The number of benzene rings is 1. The molecule has 0 N–H and O–H groups in total. The van der Waals surface area contributed by atoms with Gasteiger partial charge in [-0.25, -0.2) is 14.6 Å². The third-order valence-corrected chi connectivity index (χ3v) is 7.48. The summed E-state index contributed by atoms with van der Waals surface area (Å²) in [5.41, 5.74) is 1.70. The maximum atomic E-state index is 9.79. The van der Waals surface area contributed by atoms with Crippen LogP contribution < -0.4 is 4.90 Å². The largest absolute Gasteiger partial charge is 0.373 e. The van der Waals surface area contributed by atoms with Crippen molar-refractivity contribution in [2.45, 2.75) is 43.7 Å². The number of aryl methyl sites for hydroxylation is 1. The van der Waals surface area contributed by atoms with E-state index in [9.17, 15) is 5.26 Å². The highest BCUT2D eigenvalue weighted by molar-refractivity contribution is 5.81. The Morgan fingerprint density at radius 2 is 2.00 bits per heavy atom. The zero-order valence-electron chi connectivity index (χ0n) is 18.5. The van der Waals surface area contributed by atoms with Crippen molar-refractivity contribution >= 4 is 16.7 Å². The van der Waals surface area contributed by atoms with E-state index in [-0.39, 0.29) is 11.5 Å². The van der Waals surface area contributed by atoms with Crippen LogP contribution >= 0.6 is 0 Å². The van der Waals surface area contributed by atoms with Crippen LogP contribution in [-0.4, -0.2) is 70.1 Å². The molecule has 164 valence electrons. The average molecular weight is 430 g/mol. The smallest absolute Gasteiger partial charge is 0.159 e. The van der Waals surface area contributed by atoms with Crippen LogP contribution in [0.3, 0.4) is 0 Å². The van der Waals surface area contributed by atoms with Crippen molar-refractivity contribution in [2.24, 2.45) is 0 Å². The lowest BCUT2D eigenvalue weighted by atomic mass is 9.65. The standard InChI is InChI=1S/C24H27N7O/c1-16-27-22(30-13-20-21(14-30)32-9-8-29(20)2)11-23(28-16)31-19-10-18(5-4-17(19)12-26-31)24(15-25)6-3-7-24/h4-5,10-12,20-21H,3,6-9,13-14H2,1-2H3/t20-,21+/m1/s1. The number of anilines is 1. The van der Waals surface area contributed by atoms with Gasteiger partial charge in [0, 0.05) is 31.1 Å². The number of aromatic nitrogens is 4. The minimum Gasteiger partial charge on any atom is -0.373 e. The van der Waals surface area contributed by atoms with Crippen molar-refractivity contribution in [1.29, 1.82) is 5.26 Å². The van der Waals surface area contributed by atoms with Gasteiger partial charge in [0.1, 0.15) is 11.6 Å². The van der Waals surface area contributed by atoms with Crippen LogP contribution in [0, 0.1) is 18.3 Å². The topological polar surface area (TPSA) is 83.1 Å². The highest BCUT2D eigenvalue weighted by Crippen LogP contribution is 2.44. The van der Waals surface area contributed by atoms with E-state index in [0.29, 0.717) is 11.9 Å². The molecule has 1 aromatic carbocycles. The number of hydrogen-bond acceptors (Lipinski definition) is 7. The molecule has 1 saturated carbocycles. The molecule has 2 aliphatic heterocycles. The number of ether oxygens (including phenoxy) is 1. The predicted molar refractivity (Wildman–Crippen MR) is 121 cm³/mol. The van der Waals surface area contributed by atoms with Crippen molar-refractivity contribution in [1.82, 2.24) is 24.6 Å². The van der Waals surface area contributed by atoms with E-state index in [1.54, 1.807) is 0 Å². The molecule has 4 heterocycles. The number of rotatable bonds is 3. The molecule has 32 heavy (non-hydrogen) atoms. The second kappa shape index (κ2) is 7.26. The van der Waals surface area contributed by atoms with E-state index in [4.69, 9.17) is 14.7 Å². The zero-order chi connectivity index (χ0) is 21.9. The van der Waals surface area contributed by atoms with Crippen LogP contribution in [0.1, 0.15) is 30.7 Å². The Bertz CT molecular complexity index is 1220. The first-order valence-corrected chi connectivity index (χ1v) is 11.4. The zero-order valence-corrected chi connectivity index (χ0v) is 18.5. The van der Waals surface area contributed by atoms with E-state index >= 15 is 0 Å². The minimum atomic E-state index is -0.353. The lowest BCUT2D eigenvalue weighted by Crippen LogP contribution is -2.48. The molecule has 3 fully saturated rings. The van der Waals surface area contributed by atoms with E-state index in [1.165, 1.54) is 0 Å². The summed E-state index contributed by atoms with van der Waals surface area (Å²) in [6, 6.07) is 11.2. The Labute approximate surface area is 187 Å². The molecule has 3 aliphatic rings. The van der Waals surface area contributed by atoms with E-state index in [0.717, 1.165) is 73.6 Å². The van der Waals surface area contributed by atoms with Crippen molar-refractivity contribution < 1.29 is 4.74 Å². The fourth-order valence-electron chi connectivity index (χ4n) is 5.35. The van der Waals surface area contributed by atoms with Gasteiger partial charge in [-0.2, -0.15) is 10.4 Å². The molecule has 0 radical (unpaired) electrons. The number of likely N-dealkylation sites (N-methyl/N-ethyl adjacent to an activating group) is 1. The molecule has 8 nitrogen and oxygen atoms in total. The average Bonchev–Trinajstić information content (AvgIpc) is 3.38. The first-order chi connectivity index (χ1) is 15.6. The Morgan fingerprint density at radius 3 is 2.75 bits per heavy atom. The highest BCUT2D eigenvalue weighted by Gasteiger charge is 2.40. The first kappa shape index (κ1) is 19.6. The van der Waals surface area contributed by atoms with Crippen molar-refractivity contribution in [3.63, 3.8) is 0 Å². The molecule has 0 bridgehead atoms. The van der Waals surface area contributed by atoms with Crippen LogP contribution in [-0.2, 0) is 10.2 Å². The summed E-state index contributed by atoms with van der Waals surface area (Å²) in [4.78, 5) is 14.1. The maximum absolute atomic E-state index is 9.79. The van der Waals surface area contributed by atoms with Crippen LogP contribution in [0.2, 0.25) is 0 Å². The number of morpholine rings is 1. The van der Waals surface area contributed by atoms with Gasteiger partial charge in [0.15, 0.2) is 5.82 Å². The number of hydrogen-bond donors (Lipinski definition) is 0. The monoisotopic (exact) mass is 429 g/mol. The SMILES string of the molecule is Cc1nc(N2C[C@@H]3OCCN(C)[C@@H]3C2)cc(-n2ncc3ccc(C4(C#N)CCC4)cc32)n1. The third-order valence-electron chi connectivity index (χ3n) is 7.48. The molecular formula is C24H27N7O. The van der Waals surface area contributed by atoms with Crippen LogP contribution in [0.15, 0.2) is 30.5 Å². The van der Waals surface area contributed by atoms with Crippen LogP contribution in [0.4, 0.5) is 5.82 Å². The second-order valence-electron chi connectivity index (χ2n) is 9.37. The van der Waals surface area contributed by atoms with Crippen molar-refractivity contribution in [3.05, 3.63) is 41.9 Å². The van der Waals surface area contributed by atoms with Gasteiger partial charge in [-0.15, -0.1) is 0 Å². The minimum absolute atomic E-state index is 0.213. The normalized spacial score (nSPS) is 24.8. The molecular weight excluding hydrogens is 402 g/mol. The molecule has 2 aromatic heterocycles. The summed E-state index contributed by atoms with van der Waals surface area (Å²) in [6.45, 7) is 5.40. The number of nitriles is 1. The molecule has 3 aromatic rings.